The fraction of sp³-hybridized carbons (Fsp3) is 0.750. The highest BCUT2D eigenvalue weighted by atomic mass is 32.2. The van der Waals surface area contributed by atoms with Crippen LogP contribution in [-0.2, 0) is 23.8 Å². The normalized spacial score (nSPS) is 11.8. The van der Waals surface area contributed by atoms with E-state index in [2.05, 4.69) is 6.92 Å². The lowest BCUT2D eigenvalue weighted by Gasteiger charge is -2.08. The predicted octanol–water partition coefficient (Wildman–Crippen LogP) is 6.04. The van der Waals surface area contributed by atoms with Crippen LogP contribution in [0.1, 0.15) is 83.1 Å². The zero-order valence-electron chi connectivity index (χ0n) is 19.1. The molecule has 174 valence electrons. The van der Waals surface area contributed by atoms with Crippen molar-refractivity contribution in [3.8, 4) is 0 Å². The molecular formula is C24H42O5S. The molecule has 0 amide bonds. The van der Waals surface area contributed by atoms with Gasteiger partial charge in [-0.25, -0.2) is 0 Å². The zero-order valence-corrected chi connectivity index (χ0v) is 19.9. The number of hydrogen-bond acceptors (Lipinski definition) is 5. The van der Waals surface area contributed by atoms with Gasteiger partial charge in [-0.3, -0.25) is 4.18 Å². The van der Waals surface area contributed by atoms with Gasteiger partial charge in [0, 0.05) is 6.61 Å². The zero-order chi connectivity index (χ0) is 21.9. The Labute approximate surface area is 184 Å². The largest absolute Gasteiger partial charge is 0.379 e. The summed E-state index contributed by atoms with van der Waals surface area (Å²) in [5.74, 6) is 0. The van der Waals surface area contributed by atoms with Crippen LogP contribution < -0.4 is 0 Å². The first kappa shape index (κ1) is 27.1. The van der Waals surface area contributed by atoms with Gasteiger partial charge in [0.25, 0.3) is 10.1 Å². The lowest BCUT2D eigenvalue weighted by atomic mass is 10.1. The number of hydrogen-bond donors (Lipinski definition) is 0. The molecule has 0 aromatic heterocycles. The fourth-order valence-corrected chi connectivity index (χ4v) is 4.06. The highest BCUT2D eigenvalue weighted by molar-refractivity contribution is 7.86. The van der Waals surface area contributed by atoms with Crippen LogP contribution in [0.5, 0.6) is 0 Å². The fourth-order valence-electron chi connectivity index (χ4n) is 3.17. The maximum Gasteiger partial charge on any atom is 0.297 e. The molecule has 0 saturated carbocycles. The maximum atomic E-state index is 12.0. The Kier molecular flexibility index (Phi) is 16.0. The molecule has 0 atom stereocenters. The average Bonchev–Trinajstić information content (AvgIpc) is 2.73. The molecule has 0 unspecified atom stereocenters. The summed E-state index contributed by atoms with van der Waals surface area (Å²) in [6.45, 7) is 6.15. The third-order valence-corrected chi connectivity index (χ3v) is 6.37. The minimum atomic E-state index is -3.71. The SMILES string of the molecule is CCCCCCCCCCCCCOCCOCCOS(=O)(=O)c1ccc(C)cc1. The van der Waals surface area contributed by atoms with Crippen molar-refractivity contribution in [3.05, 3.63) is 29.8 Å². The van der Waals surface area contributed by atoms with Crippen LogP contribution in [-0.4, -0.2) is 41.5 Å². The van der Waals surface area contributed by atoms with Crippen molar-refractivity contribution in [3.63, 3.8) is 0 Å². The molecule has 0 N–H and O–H groups in total. The molecule has 0 bridgehead atoms. The summed E-state index contributed by atoms with van der Waals surface area (Å²) in [7, 11) is -3.71. The second-order valence-electron chi connectivity index (χ2n) is 7.85. The van der Waals surface area contributed by atoms with E-state index in [9.17, 15) is 8.42 Å². The van der Waals surface area contributed by atoms with Crippen LogP contribution in [0, 0.1) is 6.92 Å². The van der Waals surface area contributed by atoms with Crippen molar-refractivity contribution in [2.75, 3.05) is 33.0 Å². The standard InChI is InChI=1S/C24H42O5S/c1-3-4-5-6-7-8-9-10-11-12-13-18-27-19-20-28-21-22-29-30(25,26)24-16-14-23(2)15-17-24/h14-17H,3-13,18-22H2,1-2H3. The maximum absolute atomic E-state index is 12.0. The van der Waals surface area contributed by atoms with Crippen LogP contribution in [0.2, 0.25) is 0 Å². The second kappa shape index (κ2) is 17.7. The minimum absolute atomic E-state index is 0.00874. The van der Waals surface area contributed by atoms with Gasteiger partial charge in [0.1, 0.15) is 0 Å². The van der Waals surface area contributed by atoms with Gasteiger partial charge in [-0.05, 0) is 25.5 Å². The Balaban J connectivity index is 1.84. The summed E-state index contributed by atoms with van der Waals surface area (Å²) in [4.78, 5) is 0.170. The summed E-state index contributed by atoms with van der Waals surface area (Å²) < 4.78 is 39.9. The van der Waals surface area contributed by atoms with Gasteiger partial charge in [-0.2, -0.15) is 8.42 Å². The molecule has 0 aliphatic rings. The van der Waals surface area contributed by atoms with Crippen LogP contribution >= 0.6 is 0 Å². The van der Waals surface area contributed by atoms with Crippen LogP contribution in [0.25, 0.3) is 0 Å². The van der Waals surface area contributed by atoms with E-state index in [4.69, 9.17) is 13.7 Å². The van der Waals surface area contributed by atoms with E-state index in [0.29, 0.717) is 13.2 Å². The van der Waals surface area contributed by atoms with Crippen molar-refractivity contribution >= 4 is 10.1 Å². The van der Waals surface area contributed by atoms with Crippen molar-refractivity contribution in [2.45, 2.75) is 89.4 Å². The first-order chi connectivity index (χ1) is 14.6. The molecule has 1 aromatic rings. The summed E-state index contributed by atoms with van der Waals surface area (Å²) in [6.07, 6.45) is 14.6. The molecule has 6 heteroatoms. The van der Waals surface area contributed by atoms with Gasteiger partial charge in [0.15, 0.2) is 0 Å². The van der Waals surface area contributed by atoms with E-state index in [1.807, 2.05) is 6.92 Å². The second-order valence-corrected chi connectivity index (χ2v) is 9.46. The molecule has 0 saturated heterocycles. The van der Waals surface area contributed by atoms with E-state index in [-0.39, 0.29) is 18.1 Å². The molecule has 0 spiro atoms. The van der Waals surface area contributed by atoms with Gasteiger partial charge >= 0.3 is 0 Å². The smallest absolute Gasteiger partial charge is 0.297 e. The van der Waals surface area contributed by atoms with E-state index in [1.54, 1.807) is 24.3 Å². The topological polar surface area (TPSA) is 61.8 Å². The number of ether oxygens (including phenoxy) is 2. The lowest BCUT2D eigenvalue weighted by molar-refractivity contribution is 0.0359. The molecule has 1 aromatic carbocycles. The molecule has 0 radical (unpaired) electrons. The van der Waals surface area contributed by atoms with E-state index >= 15 is 0 Å². The van der Waals surface area contributed by atoms with E-state index < -0.39 is 10.1 Å². The van der Waals surface area contributed by atoms with Crippen molar-refractivity contribution in [1.29, 1.82) is 0 Å². The lowest BCUT2D eigenvalue weighted by Crippen LogP contribution is -2.13. The Morgan fingerprint density at radius 3 is 1.67 bits per heavy atom. The monoisotopic (exact) mass is 442 g/mol. The highest BCUT2D eigenvalue weighted by Crippen LogP contribution is 2.13. The van der Waals surface area contributed by atoms with Crippen LogP contribution in [0.15, 0.2) is 29.2 Å². The van der Waals surface area contributed by atoms with Crippen molar-refractivity contribution in [2.24, 2.45) is 0 Å². The molecule has 30 heavy (non-hydrogen) atoms. The molecule has 5 nitrogen and oxygen atoms in total. The summed E-state index contributed by atoms with van der Waals surface area (Å²) >= 11 is 0. The summed E-state index contributed by atoms with van der Waals surface area (Å²) in [6, 6.07) is 6.60. The van der Waals surface area contributed by atoms with Crippen molar-refractivity contribution in [1.82, 2.24) is 0 Å². The Bertz CT molecular complexity index is 613. The highest BCUT2D eigenvalue weighted by Gasteiger charge is 2.14. The molecule has 0 aliphatic carbocycles. The molecule has 1 rings (SSSR count). The molecule has 0 heterocycles. The molecular weight excluding hydrogens is 400 g/mol. The molecule has 0 fully saturated rings. The van der Waals surface area contributed by atoms with Gasteiger partial charge < -0.3 is 9.47 Å². The van der Waals surface area contributed by atoms with Gasteiger partial charge in [-0.15, -0.1) is 0 Å². The van der Waals surface area contributed by atoms with E-state index in [0.717, 1.165) is 18.6 Å². The number of unbranched alkanes of at least 4 members (excludes halogenated alkanes) is 10. The predicted molar refractivity (Wildman–Crippen MR) is 122 cm³/mol. The Hall–Kier alpha value is -0.950. The number of benzene rings is 1. The third-order valence-electron chi connectivity index (χ3n) is 5.04. The summed E-state index contributed by atoms with van der Waals surface area (Å²) in [5, 5.41) is 0. The van der Waals surface area contributed by atoms with Gasteiger partial charge in [-0.1, -0.05) is 88.8 Å². The van der Waals surface area contributed by atoms with Gasteiger partial charge in [0.2, 0.25) is 0 Å². The number of aryl methyl sites for hydroxylation is 1. The minimum Gasteiger partial charge on any atom is -0.379 e. The third kappa shape index (κ3) is 14.1. The first-order valence-electron chi connectivity index (χ1n) is 11.7. The van der Waals surface area contributed by atoms with E-state index in [1.165, 1.54) is 64.2 Å². The molecule has 0 aliphatic heterocycles. The average molecular weight is 443 g/mol. The van der Waals surface area contributed by atoms with Gasteiger partial charge in [0.05, 0.1) is 31.3 Å². The van der Waals surface area contributed by atoms with Crippen molar-refractivity contribution < 1.29 is 22.1 Å². The Morgan fingerprint density at radius 1 is 0.633 bits per heavy atom. The number of rotatable bonds is 20. The first-order valence-corrected chi connectivity index (χ1v) is 13.1. The quantitative estimate of drug-likeness (QED) is 0.182. The van der Waals surface area contributed by atoms with Crippen LogP contribution in [0.3, 0.4) is 0 Å². The Morgan fingerprint density at radius 2 is 1.10 bits per heavy atom. The van der Waals surface area contributed by atoms with Crippen LogP contribution in [0.4, 0.5) is 0 Å². The summed E-state index contributed by atoms with van der Waals surface area (Å²) in [5.41, 5.74) is 1.01.